The third-order valence-electron chi connectivity index (χ3n) is 2.45. The molecule has 4 heteroatoms. The summed E-state index contributed by atoms with van der Waals surface area (Å²) in [5.74, 6) is 0. The first kappa shape index (κ1) is 8.23. The lowest BCUT2D eigenvalue weighted by atomic mass is 10.1. The number of aryl methyl sites for hydroxylation is 1. The van der Waals surface area contributed by atoms with Gasteiger partial charge in [-0.1, -0.05) is 5.16 Å². The van der Waals surface area contributed by atoms with Gasteiger partial charge in [-0.3, -0.25) is 0 Å². The summed E-state index contributed by atoms with van der Waals surface area (Å²) in [6.45, 7) is 1.87. The summed E-state index contributed by atoms with van der Waals surface area (Å²) in [5.41, 5.74) is 1.70. The average Bonchev–Trinajstić information content (AvgIpc) is 2.65. The van der Waals surface area contributed by atoms with Gasteiger partial charge in [0.05, 0.1) is 11.6 Å². The maximum Gasteiger partial charge on any atom is 0.336 e. The highest BCUT2D eigenvalue weighted by Crippen LogP contribution is 2.25. The second-order valence-corrected chi connectivity index (χ2v) is 3.43. The third kappa shape index (κ3) is 1.08. The van der Waals surface area contributed by atoms with Crippen molar-refractivity contribution in [3.05, 3.63) is 40.4 Å². The highest BCUT2D eigenvalue weighted by atomic mass is 16.5. The smallest absolute Gasteiger partial charge is 0.336 e. The molecule has 0 unspecified atom stereocenters. The van der Waals surface area contributed by atoms with E-state index < -0.39 is 0 Å². The Labute approximate surface area is 84.1 Å². The van der Waals surface area contributed by atoms with E-state index in [0.717, 1.165) is 16.3 Å². The molecule has 4 nitrogen and oxygen atoms in total. The van der Waals surface area contributed by atoms with Gasteiger partial charge in [-0.2, -0.15) is 0 Å². The standard InChI is InChI=1S/C11H7NO3/c1-6-4-10(13)14-11-7(6)2-3-9-8(11)5-12-15-9/h2-5H,1H3. The van der Waals surface area contributed by atoms with Gasteiger partial charge in [-0.05, 0) is 24.6 Å². The van der Waals surface area contributed by atoms with Crippen molar-refractivity contribution in [1.82, 2.24) is 5.16 Å². The Kier molecular flexibility index (Phi) is 1.48. The van der Waals surface area contributed by atoms with E-state index in [1.807, 2.05) is 19.1 Å². The summed E-state index contributed by atoms with van der Waals surface area (Å²) in [6.07, 6.45) is 1.56. The third-order valence-corrected chi connectivity index (χ3v) is 2.45. The van der Waals surface area contributed by atoms with Crippen LogP contribution < -0.4 is 5.63 Å². The van der Waals surface area contributed by atoms with Gasteiger partial charge in [-0.25, -0.2) is 4.79 Å². The molecule has 15 heavy (non-hydrogen) atoms. The van der Waals surface area contributed by atoms with E-state index >= 15 is 0 Å². The number of rotatable bonds is 0. The van der Waals surface area contributed by atoms with Gasteiger partial charge in [0.15, 0.2) is 11.2 Å². The lowest BCUT2D eigenvalue weighted by Crippen LogP contribution is -1.97. The normalized spacial score (nSPS) is 11.3. The molecule has 0 atom stereocenters. The zero-order valence-corrected chi connectivity index (χ0v) is 7.98. The minimum atomic E-state index is -0.353. The maximum absolute atomic E-state index is 11.3. The minimum absolute atomic E-state index is 0.353. The van der Waals surface area contributed by atoms with Crippen LogP contribution in [0, 0.1) is 6.92 Å². The van der Waals surface area contributed by atoms with Crippen molar-refractivity contribution in [1.29, 1.82) is 0 Å². The van der Waals surface area contributed by atoms with E-state index in [4.69, 9.17) is 8.94 Å². The highest BCUT2D eigenvalue weighted by Gasteiger charge is 2.08. The molecule has 0 radical (unpaired) electrons. The number of nitrogens with zero attached hydrogens (tertiary/aromatic N) is 1. The summed E-state index contributed by atoms with van der Waals surface area (Å²) >= 11 is 0. The Morgan fingerprint density at radius 3 is 3.00 bits per heavy atom. The van der Waals surface area contributed by atoms with Gasteiger partial charge in [0.2, 0.25) is 0 Å². The van der Waals surface area contributed by atoms with Crippen LogP contribution in [0.15, 0.2) is 38.1 Å². The molecular formula is C11H7NO3. The molecule has 0 aliphatic carbocycles. The molecule has 3 rings (SSSR count). The van der Waals surface area contributed by atoms with Gasteiger partial charge in [0.1, 0.15) is 0 Å². The quantitative estimate of drug-likeness (QED) is 0.523. The van der Waals surface area contributed by atoms with Crippen LogP contribution in [0.2, 0.25) is 0 Å². The molecule has 1 aromatic carbocycles. The average molecular weight is 201 g/mol. The van der Waals surface area contributed by atoms with Crippen molar-refractivity contribution in [3.63, 3.8) is 0 Å². The number of aromatic nitrogens is 1. The van der Waals surface area contributed by atoms with Crippen LogP contribution in [0.25, 0.3) is 21.9 Å². The van der Waals surface area contributed by atoms with Crippen molar-refractivity contribution in [2.45, 2.75) is 6.92 Å². The van der Waals surface area contributed by atoms with Crippen molar-refractivity contribution in [3.8, 4) is 0 Å². The molecule has 0 saturated heterocycles. The molecule has 2 heterocycles. The first-order valence-electron chi connectivity index (χ1n) is 4.53. The number of fused-ring (bicyclic) bond motifs is 3. The van der Waals surface area contributed by atoms with Gasteiger partial charge in [-0.15, -0.1) is 0 Å². The van der Waals surface area contributed by atoms with Crippen LogP contribution in [0.5, 0.6) is 0 Å². The zero-order chi connectivity index (χ0) is 10.4. The largest absolute Gasteiger partial charge is 0.422 e. The Morgan fingerprint density at radius 1 is 1.27 bits per heavy atom. The predicted octanol–water partition coefficient (Wildman–Crippen LogP) is 2.24. The van der Waals surface area contributed by atoms with Crippen molar-refractivity contribution < 1.29 is 8.94 Å². The summed E-state index contributed by atoms with van der Waals surface area (Å²) in [5, 5.41) is 5.31. The Hall–Kier alpha value is -2.10. The van der Waals surface area contributed by atoms with Crippen LogP contribution in [-0.4, -0.2) is 5.16 Å². The van der Waals surface area contributed by atoms with E-state index in [9.17, 15) is 4.79 Å². The van der Waals surface area contributed by atoms with Crippen LogP contribution in [0.3, 0.4) is 0 Å². The molecule has 0 fully saturated rings. The fourth-order valence-corrected chi connectivity index (χ4v) is 1.72. The fraction of sp³-hybridized carbons (Fsp3) is 0.0909. The monoisotopic (exact) mass is 201 g/mol. The first-order chi connectivity index (χ1) is 7.25. The summed E-state index contributed by atoms with van der Waals surface area (Å²) in [6, 6.07) is 5.15. The van der Waals surface area contributed by atoms with E-state index in [2.05, 4.69) is 5.16 Å². The van der Waals surface area contributed by atoms with Crippen LogP contribution in [-0.2, 0) is 0 Å². The Bertz CT molecular complexity index is 708. The van der Waals surface area contributed by atoms with E-state index in [0.29, 0.717) is 11.2 Å². The molecule has 0 aliphatic rings. The molecule has 0 N–H and O–H groups in total. The molecular weight excluding hydrogens is 194 g/mol. The number of hydrogen-bond acceptors (Lipinski definition) is 4. The number of hydrogen-bond donors (Lipinski definition) is 0. The zero-order valence-electron chi connectivity index (χ0n) is 7.98. The molecule has 3 aromatic rings. The van der Waals surface area contributed by atoms with Crippen LogP contribution >= 0.6 is 0 Å². The summed E-state index contributed by atoms with van der Waals surface area (Å²) in [7, 11) is 0. The molecule has 0 saturated carbocycles. The first-order valence-corrected chi connectivity index (χ1v) is 4.53. The summed E-state index contributed by atoms with van der Waals surface area (Å²) in [4.78, 5) is 11.3. The molecule has 0 aliphatic heterocycles. The SMILES string of the molecule is Cc1cc(=O)oc2c1ccc1oncc12. The maximum atomic E-state index is 11.3. The molecule has 74 valence electrons. The fourth-order valence-electron chi connectivity index (χ4n) is 1.72. The lowest BCUT2D eigenvalue weighted by Gasteiger charge is -1.99. The van der Waals surface area contributed by atoms with Gasteiger partial charge >= 0.3 is 5.63 Å². The number of benzene rings is 1. The van der Waals surface area contributed by atoms with Crippen molar-refractivity contribution in [2.75, 3.05) is 0 Å². The lowest BCUT2D eigenvalue weighted by molar-refractivity contribution is 0.456. The molecule has 0 spiro atoms. The predicted molar refractivity (Wildman–Crippen MR) is 54.8 cm³/mol. The Balaban J connectivity index is 2.67. The molecule has 2 aromatic heterocycles. The van der Waals surface area contributed by atoms with E-state index in [-0.39, 0.29) is 5.63 Å². The molecule has 0 amide bonds. The van der Waals surface area contributed by atoms with Gasteiger partial charge in [0.25, 0.3) is 0 Å². The van der Waals surface area contributed by atoms with E-state index in [1.54, 1.807) is 6.20 Å². The van der Waals surface area contributed by atoms with Gasteiger partial charge < -0.3 is 8.94 Å². The molecule has 0 bridgehead atoms. The van der Waals surface area contributed by atoms with Crippen LogP contribution in [0.4, 0.5) is 0 Å². The Morgan fingerprint density at radius 2 is 2.13 bits per heavy atom. The van der Waals surface area contributed by atoms with Crippen molar-refractivity contribution >= 4 is 21.9 Å². The highest BCUT2D eigenvalue weighted by molar-refractivity contribution is 6.02. The van der Waals surface area contributed by atoms with Crippen LogP contribution in [0.1, 0.15) is 5.56 Å². The van der Waals surface area contributed by atoms with Gasteiger partial charge in [0, 0.05) is 11.5 Å². The van der Waals surface area contributed by atoms with E-state index in [1.165, 1.54) is 6.07 Å². The van der Waals surface area contributed by atoms with Crippen molar-refractivity contribution in [2.24, 2.45) is 0 Å². The second kappa shape index (κ2) is 2.70. The second-order valence-electron chi connectivity index (χ2n) is 3.43. The topological polar surface area (TPSA) is 56.2 Å². The summed E-state index contributed by atoms with van der Waals surface area (Å²) < 4.78 is 10.2. The minimum Gasteiger partial charge on any atom is -0.422 e.